The van der Waals surface area contributed by atoms with Crippen molar-refractivity contribution in [3.8, 4) is 0 Å². The third-order valence-electron chi connectivity index (χ3n) is 3.56. The van der Waals surface area contributed by atoms with Crippen molar-refractivity contribution in [2.24, 2.45) is 0 Å². The molecule has 110 valence electrons. The van der Waals surface area contributed by atoms with E-state index in [0.717, 1.165) is 6.42 Å². The van der Waals surface area contributed by atoms with Gasteiger partial charge in [-0.3, -0.25) is 4.79 Å². The summed E-state index contributed by atoms with van der Waals surface area (Å²) >= 11 is 0. The summed E-state index contributed by atoms with van der Waals surface area (Å²) in [5.74, 6) is -0.102. The minimum absolute atomic E-state index is 0.102. The maximum Gasteiger partial charge on any atom is 0.243 e. The Hall–Kier alpha value is -1.24. The van der Waals surface area contributed by atoms with Crippen molar-refractivity contribution in [3.05, 3.63) is 29.8 Å². The van der Waals surface area contributed by atoms with Crippen molar-refractivity contribution in [2.75, 3.05) is 13.1 Å². The summed E-state index contributed by atoms with van der Waals surface area (Å²) < 4.78 is 25.9. The second-order valence-corrected chi connectivity index (χ2v) is 7.27. The van der Waals surface area contributed by atoms with Crippen LogP contribution in [-0.4, -0.2) is 42.3 Å². The molecule has 1 aliphatic rings. The molecule has 0 spiro atoms. The normalized spacial score (nSPS) is 18.6. The molecule has 1 N–H and O–H groups in total. The molecule has 1 saturated heterocycles. The van der Waals surface area contributed by atoms with Crippen LogP contribution in [0.3, 0.4) is 0 Å². The molecule has 1 aromatic carbocycles. The summed E-state index contributed by atoms with van der Waals surface area (Å²) in [6.45, 7) is 3.66. The number of hydrogen-bond acceptors (Lipinski definition) is 4. The Balaban J connectivity index is 2.14. The van der Waals surface area contributed by atoms with Gasteiger partial charge in [-0.05, 0) is 25.5 Å². The fraction of sp³-hybridized carbons (Fsp3) is 0.500. The topological polar surface area (TPSA) is 74.7 Å². The van der Waals surface area contributed by atoms with Gasteiger partial charge in [0.25, 0.3) is 0 Å². The Labute approximate surface area is 119 Å². The van der Waals surface area contributed by atoms with Crippen LogP contribution in [0.15, 0.2) is 29.2 Å². The van der Waals surface area contributed by atoms with Gasteiger partial charge in [-0.15, -0.1) is 0 Å². The van der Waals surface area contributed by atoms with Crippen molar-refractivity contribution in [3.63, 3.8) is 0 Å². The second-order valence-electron chi connectivity index (χ2n) is 5.33. The van der Waals surface area contributed by atoms with Crippen LogP contribution in [-0.2, 0) is 10.0 Å². The van der Waals surface area contributed by atoms with E-state index in [-0.39, 0.29) is 23.8 Å². The van der Waals surface area contributed by atoms with Crippen LogP contribution in [0.2, 0.25) is 0 Å². The molecule has 0 aromatic heterocycles. The van der Waals surface area contributed by atoms with Gasteiger partial charge in [-0.1, -0.05) is 25.5 Å². The first kappa shape index (κ1) is 15.2. The van der Waals surface area contributed by atoms with Crippen LogP contribution in [0.1, 0.15) is 37.0 Å². The predicted octanol–water partition coefficient (Wildman–Crippen LogP) is 1.42. The SMILES string of the molecule is CCCC1(O)CN(S(=O)(=O)c2ccc(C(C)=O)cc2)C1. The van der Waals surface area contributed by atoms with Gasteiger partial charge in [-0.2, -0.15) is 4.31 Å². The molecular weight excluding hydrogens is 278 g/mol. The number of benzene rings is 1. The fourth-order valence-electron chi connectivity index (χ4n) is 2.41. The molecule has 1 aliphatic heterocycles. The summed E-state index contributed by atoms with van der Waals surface area (Å²) in [6.07, 6.45) is 1.42. The first-order chi connectivity index (χ1) is 9.28. The fourth-order valence-corrected chi connectivity index (χ4v) is 4.01. The number of rotatable bonds is 5. The largest absolute Gasteiger partial charge is 0.387 e. The average molecular weight is 297 g/mol. The van der Waals surface area contributed by atoms with Crippen molar-refractivity contribution in [1.29, 1.82) is 0 Å². The average Bonchev–Trinajstić information content (AvgIpc) is 2.36. The number of carbonyl (C=O) groups is 1. The first-order valence-corrected chi connectivity index (χ1v) is 8.06. The summed E-state index contributed by atoms with van der Waals surface area (Å²) in [5, 5.41) is 10.1. The number of aliphatic hydroxyl groups is 1. The quantitative estimate of drug-likeness (QED) is 0.834. The number of hydrogen-bond donors (Lipinski definition) is 1. The van der Waals surface area contributed by atoms with Gasteiger partial charge in [0.15, 0.2) is 5.78 Å². The summed E-state index contributed by atoms with van der Waals surface area (Å²) in [6, 6.07) is 5.88. The van der Waals surface area contributed by atoms with E-state index in [9.17, 15) is 18.3 Å². The monoisotopic (exact) mass is 297 g/mol. The number of carbonyl (C=O) groups excluding carboxylic acids is 1. The Kier molecular flexibility index (Phi) is 4.00. The van der Waals surface area contributed by atoms with Crippen molar-refractivity contribution >= 4 is 15.8 Å². The molecule has 1 fully saturated rings. The van der Waals surface area contributed by atoms with Gasteiger partial charge < -0.3 is 5.11 Å². The van der Waals surface area contributed by atoms with E-state index in [0.29, 0.717) is 12.0 Å². The number of sulfonamides is 1. The molecule has 5 nitrogen and oxygen atoms in total. The Morgan fingerprint density at radius 1 is 1.30 bits per heavy atom. The van der Waals surface area contributed by atoms with Crippen molar-refractivity contribution in [1.82, 2.24) is 4.31 Å². The summed E-state index contributed by atoms with van der Waals surface area (Å²) in [4.78, 5) is 11.3. The zero-order valence-corrected chi connectivity index (χ0v) is 12.5. The molecule has 6 heteroatoms. The van der Waals surface area contributed by atoms with E-state index < -0.39 is 15.6 Å². The molecule has 0 radical (unpaired) electrons. The number of β-amino-alcohol motifs (C(OH)–C–C–N with tert-alkyl or cyclic N) is 1. The highest BCUT2D eigenvalue weighted by atomic mass is 32.2. The molecule has 0 aliphatic carbocycles. The third-order valence-corrected chi connectivity index (χ3v) is 5.36. The Morgan fingerprint density at radius 2 is 1.85 bits per heavy atom. The molecule has 0 bridgehead atoms. The lowest BCUT2D eigenvalue weighted by atomic mass is 9.92. The Bertz CT molecular complexity index is 601. The molecule has 0 amide bonds. The molecule has 2 rings (SSSR count). The zero-order valence-electron chi connectivity index (χ0n) is 11.7. The van der Waals surface area contributed by atoms with Crippen molar-refractivity contribution in [2.45, 2.75) is 37.2 Å². The van der Waals surface area contributed by atoms with Gasteiger partial charge in [-0.25, -0.2) is 8.42 Å². The van der Waals surface area contributed by atoms with Crippen LogP contribution in [0, 0.1) is 0 Å². The second kappa shape index (κ2) is 5.27. The maximum absolute atomic E-state index is 12.3. The van der Waals surface area contributed by atoms with Crippen LogP contribution in [0.25, 0.3) is 0 Å². The lowest BCUT2D eigenvalue weighted by molar-refractivity contribution is -0.0653. The van der Waals surface area contributed by atoms with Gasteiger partial charge >= 0.3 is 0 Å². The number of Topliss-reactive ketones (excluding diaryl/α,β-unsaturated/α-hetero) is 1. The highest BCUT2D eigenvalue weighted by Crippen LogP contribution is 2.31. The summed E-state index contributed by atoms with van der Waals surface area (Å²) in [7, 11) is -3.57. The highest BCUT2D eigenvalue weighted by molar-refractivity contribution is 7.89. The van der Waals surface area contributed by atoms with Crippen molar-refractivity contribution < 1.29 is 18.3 Å². The molecule has 0 saturated carbocycles. The van der Waals surface area contributed by atoms with E-state index in [1.165, 1.54) is 35.5 Å². The molecular formula is C14H19NO4S. The smallest absolute Gasteiger partial charge is 0.243 e. The van der Waals surface area contributed by atoms with Crippen LogP contribution in [0.4, 0.5) is 0 Å². The number of ketones is 1. The highest BCUT2D eigenvalue weighted by Gasteiger charge is 2.46. The van der Waals surface area contributed by atoms with E-state index in [1.807, 2.05) is 6.92 Å². The van der Waals surface area contributed by atoms with E-state index >= 15 is 0 Å². The van der Waals surface area contributed by atoms with Crippen LogP contribution in [0.5, 0.6) is 0 Å². The van der Waals surface area contributed by atoms with E-state index in [4.69, 9.17) is 0 Å². The Morgan fingerprint density at radius 3 is 2.30 bits per heavy atom. The van der Waals surface area contributed by atoms with Gasteiger partial charge in [0.2, 0.25) is 10.0 Å². The van der Waals surface area contributed by atoms with E-state index in [2.05, 4.69) is 0 Å². The van der Waals surface area contributed by atoms with Gasteiger partial charge in [0.1, 0.15) is 0 Å². The van der Waals surface area contributed by atoms with E-state index in [1.54, 1.807) is 0 Å². The van der Waals surface area contributed by atoms with Crippen LogP contribution >= 0.6 is 0 Å². The minimum atomic E-state index is -3.57. The molecule has 20 heavy (non-hydrogen) atoms. The number of nitrogens with zero attached hydrogens (tertiary/aromatic N) is 1. The molecule has 1 aromatic rings. The zero-order chi connectivity index (χ0) is 15.0. The minimum Gasteiger partial charge on any atom is -0.387 e. The molecule has 0 unspecified atom stereocenters. The standard InChI is InChI=1S/C14H19NO4S/c1-3-8-14(17)9-15(10-14)20(18,19)13-6-4-12(5-7-13)11(2)16/h4-7,17H,3,8-10H2,1-2H3. The lowest BCUT2D eigenvalue weighted by Crippen LogP contribution is -2.63. The van der Waals surface area contributed by atoms with Gasteiger partial charge in [0, 0.05) is 18.7 Å². The van der Waals surface area contributed by atoms with Crippen LogP contribution < -0.4 is 0 Å². The predicted molar refractivity (Wildman–Crippen MR) is 75.1 cm³/mol. The summed E-state index contributed by atoms with van der Waals surface area (Å²) in [5.41, 5.74) is -0.406. The molecule has 1 heterocycles. The molecule has 0 atom stereocenters. The maximum atomic E-state index is 12.3. The lowest BCUT2D eigenvalue weighted by Gasteiger charge is -2.45. The third kappa shape index (κ3) is 2.77. The van der Waals surface area contributed by atoms with Gasteiger partial charge in [0.05, 0.1) is 10.5 Å². The first-order valence-electron chi connectivity index (χ1n) is 6.62.